The predicted octanol–water partition coefficient (Wildman–Crippen LogP) is 1.41. The summed E-state index contributed by atoms with van der Waals surface area (Å²) in [4.78, 5) is 4.20. The third-order valence-electron chi connectivity index (χ3n) is 3.70. The van der Waals surface area contributed by atoms with Gasteiger partial charge in [-0.2, -0.15) is 8.78 Å². The molecule has 1 saturated heterocycles. The molecule has 1 N–H and O–H groups in total. The van der Waals surface area contributed by atoms with Crippen LogP contribution in [0.15, 0.2) is 24.3 Å². The van der Waals surface area contributed by atoms with Crippen LogP contribution in [0, 0.1) is 0 Å². The number of morpholine rings is 1. The van der Waals surface area contributed by atoms with E-state index in [1.165, 1.54) is 12.1 Å². The van der Waals surface area contributed by atoms with E-state index in [1.54, 1.807) is 12.1 Å². The van der Waals surface area contributed by atoms with Crippen LogP contribution in [0.5, 0.6) is 5.75 Å². The SMILES string of the molecule is CN(Cc1ccc(OC(F)F)cc1)CC(O)CN1CCOCC1. The summed E-state index contributed by atoms with van der Waals surface area (Å²) in [6.45, 7) is 2.15. The molecule has 1 aliphatic rings. The molecule has 130 valence electrons. The highest BCUT2D eigenvalue weighted by Crippen LogP contribution is 2.15. The van der Waals surface area contributed by atoms with Crippen molar-refractivity contribution in [1.29, 1.82) is 0 Å². The molecule has 1 heterocycles. The zero-order valence-corrected chi connectivity index (χ0v) is 13.3. The largest absolute Gasteiger partial charge is 0.435 e. The number of hydrogen-bond donors (Lipinski definition) is 1. The first kappa shape index (κ1) is 18.1. The molecular weight excluding hydrogens is 306 g/mol. The van der Waals surface area contributed by atoms with Crippen molar-refractivity contribution in [3.05, 3.63) is 29.8 Å². The fourth-order valence-electron chi connectivity index (χ4n) is 2.65. The van der Waals surface area contributed by atoms with Gasteiger partial charge in [-0.3, -0.25) is 9.80 Å². The van der Waals surface area contributed by atoms with E-state index in [-0.39, 0.29) is 5.75 Å². The predicted molar refractivity (Wildman–Crippen MR) is 82.7 cm³/mol. The Hall–Kier alpha value is -1.28. The van der Waals surface area contributed by atoms with E-state index >= 15 is 0 Å². The molecule has 2 rings (SSSR count). The van der Waals surface area contributed by atoms with Crippen LogP contribution >= 0.6 is 0 Å². The molecule has 1 aliphatic heterocycles. The highest BCUT2D eigenvalue weighted by molar-refractivity contribution is 5.27. The molecule has 23 heavy (non-hydrogen) atoms. The summed E-state index contributed by atoms with van der Waals surface area (Å²) in [5.41, 5.74) is 0.979. The first-order valence-corrected chi connectivity index (χ1v) is 7.73. The van der Waals surface area contributed by atoms with E-state index in [2.05, 4.69) is 9.64 Å². The molecule has 1 fully saturated rings. The van der Waals surface area contributed by atoms with E-state index in [0.717, 1.165) is 31.9 Å². The van der Waals surface area contributed by atoms with Gasteiger partial charge in [0.25, 0.3) is 0 Å². The quantitative estimate of drug-likeness (QED) is 0.781. The van der Waals surface area contributed by atoms with Gasteiger partial charge in [0, 0.05) is 32.7 Å². The molecule has 0 saturated carbocycles. The highest BCUT2D eigenvalue weighted by atomic mass is 19.3. The lowest BCUT2D eigenvalue weighted by molar-refractivity contribution is -0.0498. The summed E-state index contributed by atoms with van der Waals surface area (Å²) in [5, 5.41) is 10.2. The number of hydrogen-bond acceptors (Lipinski definition) is 5. The Morgan fingerprint density at radius 2 is 1.91 bits per heavy atom. The van der Waals surface area contributed by atoms with Crippen molar-refractivity contribution in [3.63, 3.8) is 0 Å². The second kappa shape index (κ2) is 9.12. The van der Waals surface area contributed by atoms with Crippen molar-refractivity contribution >= 4 is 0 Å². The molecule has 0 amide bonds. The standard InChI is InChI=1S/C16H24F2N2O3/c1-19(11-14(21)12-20-6-8-22-9-7-20)10-13-2-4-15(5-3-13)23-16(17)18/h2-5,14,16,21H,6-12H2,1H3. The average molecular weight is 330 g/mol. The molecule has 0 bridgehead atoms. The smallest absolute Gasteiger partial charge is 0.387 e. The Morgan fingerprint density at radius 1 is 1.26 bits per heavy atom. The van der Waals surface area contributed by atoms with Crippen LogP contribution in [0.25, 0.3) is 0 Å². The topological polar surface area (TPSA) is 45.2 Å². The number of rotatable bonds is 8. The maximum Gasteiger partial charge on any atom is 0.387 e. The van der Waals surface area contributed by atoms with Gasteiger partial charge >= 0.3 is 6.61 Å². The number of ether oxygens (including phenoxy) is 2. The summed E-state index contributed by atoms with van der Waals surface area (Å²) in [7, 11) is 1.92. The monoisotopic (exact) mass is 330 g/mol. The van der Waals surface area contributed by atoms with Gasteiger partial charge in [0.15, 0.2) is 0 Å². The molecule has 1 unspecified atom stereocenters. The van der Waals surface area contributed by atoms with Crippen LogP contribution in [0.3, 0.4) is 0 Å². The summed E-state index contributed by atoms with van der Waals surface area (Å²) in [6.07, 6.45) is -0.431. The van der Waals surface area contributed by atoms with Crippen molar-refractivity contribution in [2.24, 2.45) is 0 Å². The van der Waals surface area contributed by atoms with Crippen LogP contribution in [0.4, 0.5) is 8.78 Å². The maximum atomic E-state index is 12.1. The minimum atomic E-state index is -2.81. The molecule has 1 atom stereocenters. The number of aliphatic hydroxyl groups is 1. The normalized spacial score (nSPS) is 17.7. The fourth-order valence-corrected chi connectivity index (χ4v) is 2.65. The Balaban J connectivity index is 1.73. The van der Waals surface area contributed by atoms with E-state index < -0.39 is 12.7 Å². The second-order valence-electron chi connectivity index (χ2n) is 5.79. The fraction of sp³-hybridized carbons (Fsp3) is 0.625. The molecular formula is C16H24F2N2O3. The molecule has 5 nitrogen and oxygen atoms in total. The van der Waals surface area contributed by atoms with E-state index in [9.17, 15) is 13.9 Å². The first-order chi connectivity index (χ1) is 11.0. The Kier molecular flexibility index (Phi) is 7.16. The van der Waals surface area contributed by atoms with Crippen LogP contribution in [0.2, 0.25) is 0 Å². The average Bonchev–Trinajstić information content (AvgIpc) is 2.49. The van der Waals surface area contributed by atoms with E-state index in [0.29, 0.717) is 19.6 Å². The van der Waals surface area contributed by atoms with Gasteiger partial charge in [-0.1, -0.05) is 12.1 Å². The Morgan fingerprint density at radius 3 is 2.52 bits per heavy atom. The highest BCUT2D eigenvalue weighted by Gasteiger charge is 2.16. The zero-order valence-electron chi connectivity index (χ0n) is 13.3. The Labute approximate surface area is 135 Å². The van der Waals surface area contributed by atoms with Gasteiger partial charge < -0.3 is 14.6 Å². The summed E-state index contributed by atoms with van der Waals surface area (Å²) in [6, 6.07) is 6.56. The van der Waals surface area contributed by atoms with Gasteiger partial charge in [0.05, 0.1) is 19.3 Å². The lowest BCUT2D eigenvalue weighted by Gasteiger charge is -2.30. The molecule has 0 aliphatic carbocycles. The van der Waals surface area contributed by atoms with Gasteiger partial charge in [0.2, 0.25) is 0 Å². The summed E-state index contributed by atoms with van der Waals surface area (Å²) < 4.78 is 33.8. The van der Waals surface area contributed by atoms with Gasteiger partial charge in [-0.25, -0.2) is 0 Å². The van der Waals surface area contributed by atoms with Crippen LogP contribution in [0.1, 0.15) is 5.56 Å². The number of likely N-dealkylation sites (N-methyl/N-ethyl adjacent to an activating group) is 1. The lowest BCUT2D eigenvalue weighted by Crippen LogP contribution is -2.43. The lowest BCUT2D eigenvalue weighted by atomic mass is 10.2. The van der Waals surface area contributed by atoms with Crippen LogP contribution in [-0.4, -0.2) is 74.1 Å². The molecule has 0 spiro atoms. The zero-order chi connectivity index (χ0) is 16.7. The minimum Gasteiger partial charge on any atom is -0.435 e. The van der Waals surface area contributed by atoms with Crippen molar-refractivity contribution < 1.29 is 23.4 Å². The molecule has 0 aromatic heterocycles. The second-order valence-corrected chi connectivity index (χ2v) is 5.79. The summed E-state index contributed by atoms with van der Waals surface area (Å²) >= 11 is 0. The molecule has 1 aromatic carbocycles. The van der Waals surface area contributed by atoms with E-state index in [4.69, 9.17) is 4.74 Å². The number of nitrogens with zero attached hydrogens (tertiary/aromatic N) is 2. The van der Waals surface area contributed by atoms with Crippen molar-refractivity contribution in [1.82, 2.24) is 9.80 Å². The van der Waals surface area contributed by atoms with Crippen molar-refractivity contribution in [3.8, 4) is 5.75 Å². The summed E-state index contributed by atoms with van der Waals surface area (Å²) in [5.74, 6) is 0.152. The van der Waals surface area contributed by atoms with E-state index in [1.807, 2.05) is 11.9 Å². The number of β-amino-alcohol motifs (C(OH)–C–C–N with tert-alkyl or cyclic N) is 1. The molecule has 0 radical (unpaired) electrons. The minimum absolute atomic E-state index is 0.152. The van der Waals surface area contributed by atoms with Gasteiger partial charge in [-0.15, -0.1) is 0 Å². The van der Waals surface area contributed by atoms with Crippen LogP contribution in [-0.2, 0) is 11.3 Å². The van der Waals surface area contributed by atoms with Crippen molar-refractivity contribution in [2.75, 3.05) is 46.4 Å². The number of aliphatic hydroxyl groups excluding tert-OH is 1. The Bertz CT molecular complexity index is 453. The van der Waals surface area contributed by atoms with Crippen molar-refractivity contribution in [2.45, 2.75) is 19.3 Å². The van der Waals surface area contributed by atoms with Crippen LogP contribution < -0.4 is 4.74 Å². The third kappa shape index (κ3) is 6.78. The number of alkyl halides is 2. The number of benzene rings is 1. The van der Waals surface area contributed by atoms with Gasteiger partial charge in [0.1, 0.15) is 5.75 Å². The first-order valence-electron chi connectivity index (χ1n) is 7.73. The molecule has 7 heteroatoms. The maximum absolute atomic E-state index is 12.1. The number of halogens is 2. The third-order valence-corrected chi connectivity index (χ3v) is 3.70. The van der Waals surface area contributed by atoms with Gasteiger partial charge in [-0.05, 0) is 24.7 Å². The molecule has 1 aromatic rings.